The molecule has 0 saturated heterocycles. The van der Waals surface area contributed by atoms with Gasteiger partial charge in [0, 0.05) is 28.6 Å². The summed E-state index contributed by atoms with van der Waals surface area (Å²) < 4.78 is 16.7. The van der Waals surface area contributed by atoms with Crippen molar-refractivity contribution < 1.29 is 23.8 Å². The van der Waals surface area contributed by atoms with E-state index < -0.39 is 0 Å². The molecule has 8 nitrogen and oxygen atoms in total. The second-order valence-corrected chi connectivity index (χ2v) is 7.08. The van der Waals surface area contributed by atoms with Crippen molar-refractivity contribution in [3.05, 3.63) is 46.4 Å². The molecule has 0 aliphatic heterocycles. The van der Waals surface area contributed by atoms with Crippen LogP contribution in [0.15, 0.2) is 46.0 Å². The fourth-order valence-electron chi connectivity index (χ4n) is 2.61. The standard InChI is InChI=1S/C21H24BrN3O5/c1-28-17-10-14(11-18(29-2)21(17)30-3)13-23-25-20(27)9-5-8-19(26)24-16-7-4-6-15(22)12-16/h4,6-7,10-13H,5,8-9H2,1-3H3,(H,24,26)(H,25,27)/b23-13-. The van der Waals surface area contributed by atoms with E-state index in [-0.39, 0.29) is 24.7 Å². The lowest BCUT2D eigenvalue weighted by Crippen LogP contribution is -2.18. The maximum atomic E-state index is 12.0. The van der Waals surface area contributed by atoms with Crippen molar-refractivity contribution in [3.8, 4) is 17.2 Å². The number of carbonyl (C=O) groups excluding carboxylic acids is 2. The summed E-state index contributed by atoms with van der Waals surface area (Å²) in [5.74, 6) is 1.01. The van der Waals surface area contributed by atoms with E-state index in [1.807, 2.05) is 18.2 Å². The van der Waals surface area contributed by atoms with Crippen molar-refractivity contribution in [2.75, 3.05) is 26.6 Å². The smallest absolute Gasteiger partial charge is 0.240 e. The van der Waals surface area contributed by atoms with Crippen molar-refractivity contribution in [1.29, 1.82) is 0 Å². The van der Waals surface area contributed by atoms with Gasteiger partial charge in [0.1, 0.15) is 0 Å². The summed E-state index contributed by atoms with van der Waals surface area (Å²) in [6.07, 6.45) is 2.29. The van der Waals surface area contributed by atoms with Gasteiger partial charge in [0.05, 0.1) is 27.5 Å². The number of amides is 2. The summed E-state index contributed by atoms with van der Waals surface area (Å²) >= 11 is 3.35. The molecular formula is C21H24BrN3O5. The van der Waals surface area contributed by atoms with Crippen LogP contribution in [-0.2, 0) is 9.59 Å². The molecule has 0 atom stereocenters. The topological polar surface area (TPSA) is 98.2 Å². The van der Waals surface area contributed by atoms with Gasteiger partial charge in [-0.1, -0.05) is 22.0 Å². The number of benzene rings is 2. The van der Waals surface area contributed by atoms with Crippen LogP contribution in [-0.4, -0.2) is 39.4 Å². The molecule has 0 radical (unpaired) electrons. The van der Waals surface area contributed by atoms with Gasteiger partial charge in [-0.3, -0.25) is 9.59 Å². The van der Waals surface area contributed by atoms with E-state index in [1.54, 1.807) is 18.2 Å². The Morgan fingerprint density at radius 2 is 1.67 bits per heavy atom. The highest BCUT2D eigenvalue weighted by molar-refractivity contribution is 9.10. The Kier molecular flexibility index (Phi) is 9.14. The van der Waals surface area contributed by atoms with Crippen LogP contribution in [0.25, 0.3) is 0 Å². The van der Waals surface area contributed by atoms with Gasteiger partial charge in [-0.05, 0) is 36.8 Å². The van der Waals surface area contributed by atoms with Gasteiger partial charge >= 0.3 is 0 Å². The monoisotopic (exact) mass is 477 g/mol. The lowest BCUT2D eigenvalue weighted by Gasteiger charge is -2.12. The summed E-state index contributed by atoms with van der Waals surface area (Å²) in [5, 5.41) is 6.73. The molecule has 2 amide bonds. The summed E-state index contributed by atoms with van der Waals surface area (Å²) in [4.78, 5) is 23.9. The normalized spacial score (nSPS) is 10.5. The second-order valence-electron chi connectivity index (χ2n) is 6.16. The van der Waals surface area contributed by atoms with Crippen molar-refractivity contribution in [1.82, 2.24) is 5.43 Å². The zero-order valence-corrected chi connectivity index (χ0v) is 18.6. The first-order valence-electron chi connectivity index (χ1n) is 9.14. The van der Waals surface area contributed by atoms with E-state index in [4.69, 9.17) is 14.2 Å². The van der Waals surface area contributed by atoms with Gasteiger partial charge in [-0.15, -0.1) is 0 Å². The van der Waals surface area contributed by atoms with Crippen LogP contribution in [0.5, 0.6) is 17.2 Å². The first-order chi connectivity index (χ1) is 14.5. The number of hydrogen-bond acceptors (Lipinski definition) is 6. The van der Waals surface area contributed by atoms with Gasteiger partial charge in [-0.2, -0.15) is 5.10 Å². The van der Waals surface area contributed by atoms with Crippen LogP contribution >= 0.6 is 15.9 Å². The minimum atomic E-state index is -0.283. The Hall–Kier alpha value is -3.07. The molecule has 0 heterocycles. The highest BCUT2D eigenvalue weighted by atomic mass is 79.9. The third-order valence-electron chi connectivity index (χ3n) is 4.01. The van der Waals surface area contributed by atoms with Gasteiger partial charge < -0.3 is 19.5 Å². The summed E-state index contributed by atoms with van der Waals surface area (Å²) in [6.45, 7) is 0. The van der Waals surface area contributed by atoms with E-state index >= 15 is 0 Å². The maximum absolute atomic E-state index is 12.0. The van der Waals surface area contributed by atoms with Crippen molar-refractivity contribution in [2.24, 2.45) is 5.10 Å². The molecule has 0 unspecified atom stereocenters. The number of anilines is 1. The third-order valence-corrected chi connectivity index (χ3v) is 4.50. The summed E-state index contributed by atoms with van der Waals surface area (Å²) in [6, 6.07) is 10.7. The number of rotatable bonds is 10. The molecule has 0 bridgehead atoms. The molecule has 0 spiro atoms. The highest BCUT2D eigenvalue weighted by Crippen LogP contribution is 2.37. The van der Waals surface area contributed by atoms with Crippen LogP contribution in [0.4, 0.5) is 5.69 Å². The predicted octanol–water partition coefficient (Wildman–Crippen LogP) is 3.73. The molecule has 2 N–H and O–H groups in total. The summed E-state index contributed by atoms with van der Waals surface area (Å²) in [5.41, 5.74) is 3.81. The number of halogens is 1. The fraction of sp³-hybridized carbons (Fsp3) is 0.286. The Labute approximate surface area is 183 Å². The van der Waals surface area contributed by atoms with E-state index in [9.17, 15) is 9.59 Å². The second kappa shape index (κ2) is 11.8. The van der Waals surface area contributed by atoms with Crippen LogP contribution in [0.1, 0.15) is 24.8 Å². The number of methoxy groups -OCH3 is 3. The van der Waals surface area contributed by atoms with Crippen LogP contribution < -0.4 is 25.0 Å². The van der Waals surface area contributed by atoms with Gasteiger partial charge in [0.2, 0.25) is 17.6 Å². The molecule has 0 aromatic heterocycles. The Morgan fingerprint density at radius 1 is 1.00 bits per heavy atom. The zero-order valence-electron chi connectivity index (χ0n) is 17.0. The lowest BCUT2D eigenvalue weighted by atomic mass is 10.2. The van der Waals surface area contributed by atoms with Gasteiger partial charge in [0.15, 0.2) is 11.5 Å². The van der Waals surface area contributed by atoms with Gasteiger partial charge in [-0.25, -0.2) is 5.43 Å². The summed E-state index contributed by atoms with van der Waals surface area (Å²) in [7, 11) is 4.56. The lowest BCUT2D eigenvalue weighted by molar-refractivity contribution is -0.121. The van der Waals surface area contributed by atoms with Gasteiger partial charge in [0.25, 0.3) is 0 Å². The van der Waals surface area contributed by atoms with E-state index in [0.717, 1.165) is 4.47 Å². The largest absolute Gasteiger partial charge is 0.493 e. The Morgan fingerprint density at radius 3 is 2.27 bits per heavy atom. The molecule has 30 heavy (non-hydrogen) atoms. The molecule has 9 heteroatoms. The molecule has 160 valence electrons. The number of hydrogen-bond donors (Lipinski definition) is 2. The average Bonchev–Trinajstić information content (AvgIpc) is 2.72. The maximum Gasteiger partial charge on any atom is 0.240 e. The highest BCUT2D eigenvalue weighted by Gasteiger charge is 2.12. The Bertz CT molecular complexity index is 892. The number of nitrogens with zero attached hydrogens (tertiary/aromatic N) is 1. The van der Waals surface area contributed by atoms with Crippen LogP contribution in [0.2, 0.25) is 0 Å². The third kappa shape index (κ3) is 7.07. The van der Waals surface area contributed by atoms with Crippen molar-refractivity contribution in [3.63, 3.8) is 0 Å². The number of ether oxygens (including phenoxy) is 3. The molecular weight excluding hydrogens is 454 g/mol. The van der Waals surface area contributed by atoms with Crippen LogP contribution in [0.3, 0.4) is 0 Å². The van der Waals surface area contributed by atoms with E-state index in [0.29, 0.717) is 34.9 Å². The van der Waals surface area contributed by atoms with Crippen molar-refractivity contribution in [2.45, 2.75) is 19.3 Å². The molecule has 2 aromatic rings. The molecule has 0 saturated carbocycles. The minimum absolute atomic E-state index is 0.151. The van der Waals surface area contributed by atoms with E-state index in [2.05, 4.69) is 31.8 Å². The SMILES string of the molecule is COc1cc(/C=N\NC(=O)CCCC(=O)Nc2cccc(Br)c2)cc(OC)c1OC. The molecule has 2 rings (SSSR count). The first kappa shape index (κ1) is 23.2. The molecule has 0 aliphatic carbocycles. The number of nitrogens with one attached hydrogen (secondary N) is 2. The molecule has 0 aliphatic rings. The molecule has 0 fully saturated rings. The predicted molar refractivity (Wildman–Crippen MR) is 118 cm³/mol. The first-order valence-corrected chi connectivity index (χ1v) is 9.93. The quantitative estimate of drug-likeness (QED) is 0.401. The minimum Gasteiger partial charge on any atom is -0.493 e. The number of carbonyl (C=O) groups is 2. The number of hydrazone groups is 1. The van der Waals surface area contributed by atoms with Crippen LogP contribution in [0, 0.1) is 0 Å². The Balaban J connectivity index is 1.80. The fourth-order valence-corrected chi connectivity index (χ4v) is 3.01. The van der Waals surface area contributed by atoms with Crippen molar-refractivity contribution >= 4 is 39.6 Å². The van der Waals surface area contributed by atoms with E-state index in [1.165, 1.54) is 27.5 Å². The average molecular weight is 478 g/mol. The zero-order chi connectivity index (χ0) is 21.9. The molecule has 2 aromatic carbocycles.